The third-order valence-corrected chi connectivity index (χ3v) is 2.91. The first-order valence-electron chi connectivity index (χ1n) is 5.46. The van der Waals surface area contributed by atoms with Crippen molar-refractivity contribution in [2.24, 2.45) is 0 Å². The molecular formula is C13H20O3. The van der Waals surface area contributed by atoms with Crippen LogP contribution >= 0.6 is 0 Å². The van der Waals surface area contributed by atoms with Gasteiger partial charge in [-0.2, -0.15) is 0 Å². The fraction of sp³-hybridized carbons (Fsp3) is 0.538. The predicted octanol–water partition coefficient (Wildman–Crippen LogP) is 2.43. The number of hydrogen-bond donors (Lipinski definition) is 1. The van der Waals surface area contributed by atoms with E-state index in [2.05, 4.69) is 0 Å². The van der Waals surface area contributed by atoms with Crippen molar-refractivity contribution in [3.8, 4) is 0 Å². The van der Waals surface area contributed by atoms with Gasteiger partial charge in [0.05, 0.1) is 5.92 Å². The maximum atomic E-state index is 10.2. The van der Waals surface area contributed by atoms with Gasteiger partial charge in [0.2, 0.25) is 0 Å². The minimum Gasteiger partial charge on any atom is -0.343 e. The van der Waals surface area contributed by atoms with E-state index in [9.17, 15) is 5.11 Å². The summed E-state index contributed by atoms with van der Waals surface area (Å²) in [5.41, 5.74) is 2.20. The maximum absolute atomic E-state index is 10.2. The normalized spacial score (nSPS) is 13.8. The lowest BCUT2D eigenvalue weighted by molar-refractivity contribution is -0.352. The molecule has 3 nitrogen and oxygen atoms in total. The molecule has 0 saturated heterocycles. The Morgan fingerprint density at radius 2 is 1.69 bits per heavy atom. The SMILES string of the molecule is CCC(c1ccc(C)cc1)C(O)(OC)OC. The Balaban J connectivity index is 3.02. The molecular weight excluding hydrogens is 204 g/mol. The minimum absolute atomic E-state index is 0.192. The van der Waals surface area contributed by atoms with Crippen LogP contribution < -0.4 is 0 Å². The molecule has 0 fully saturated rings. The fourth-order valence-electron chi connectivity index (χ4n) is 1.87. The Hall–Kier alpha value is -0.900. The van der Waals surface area contributed by atoms with Crippen LogP contribution in [0.3, 0.4) is 0 Å². The van der Waals surface area contributed by atoms with Crippen molar-refractivity contribution in [1.82, 2.24) is 0 Å². The minimum atomic E-state index is -1.55. The van der Waals surface area contributed by atoms with Gasteiger partial charge in [-0.1, -0.05) is 36.8 Å². The lowest BCUT2D eigenvalue weighted by Gasteiger charge is -2.32. The average molecular weight is 224 g/mol. The molecule has 0 bridgehead atoms. The summed E-state index contributed by atoms with van der Waals surface area (Å²) in [4.78, 5) is 0. The van der Waals surface area contributed by atoms with Gasteiger partial charge in [0.1, 0.15) is 0 Å². The van der Waals surface area contributed by atoms with Crippen LogP contribution in [0.15, 0.2) is 24.3 Å². The zero-order chi connectivity index (χ0) is 12.2. The smallest absolute Gasteiger partial charge is 0.287 e. The molecule has 0 amide bonds. The molecule has 0 saturated carbocycles. The van der Waals surface area contributed by atoms with Crippen molar-refractivity contribution in [2.45, 2.75) is 32.2 Å². The molecule has 0 heterocycles. The molecule has 0 spiro atoms. The van der Waals surface area contributed by atoms with E-state index < -0.39 is 5.97 Å². The number of benzene rings is 1. The van der Waals surface area contributed by atoms with E-state index in [1.807, 2.05) is 38.1 Å². The fourth-order valence-corrected chi connectivity index (χ4v) is 1.87. The second kappa shape index (κ2) is 5.43. The molecule has 3 heteroatoms. The van der Waals surface area contributed by atoms with Gasteiger partial charge in [-0.15, -0.1) is 0 Å². The van der Waals surface area contributed by atoms with E-state index in [1.165, 1.54) is 19.8 Å². The van der Waals surface area contributed by atoms with Crippen molar-refractivity contribution >= 4 is 0 Å². The third-order valence-electron chi connectivity index (χ3n) is 2.91. The van der Waals surface area contributed by atoms with Gasteiger partial charge in [0.15, 0.2) is 0 Å². The Morgan fingerprint density at radius 1 is 1.19 bits per heavy atom. The van der Waals surface area contributed by atoms with Crippen molar-refractivity contribution < 1.29 is 14.6 Å². The van der Waals surface area contributed by atoms with Crippen molar-refractivity contribution in [1.29, 1.82) is 0 Å². The molecule has 90 valence electrons. The Kier molecular flexibility index (Phi) is 4.47. The zero-order valence-corrected chi connectivity index (χ0v) is 10.4. The summed E-state index contributed by atoms with van der Waals surface area (Å²) in [5.74, 6) is -1.74. The number of rotatable bonds is 5. The topological polar surface area (TPSA) is 38.7 Å². The Bertz CT molecular complexity index is 314. The predicted molar refractivity (Wildman–Crippen MR) is 63.2 cm³/mol. The second-order valence-corrected chi connectivity index (χ2v) is 3.91. The summed E-state index contributed by atoms with van der Waals surface area (Å²) in [6, 6.07) is 8.02. The molecule has 0 aliphatic rings. The molecule has 0 aliphatic heterocycles. The largest absolute Gasteiger partial charge is 0.343 e. The molecule has 1 rings (SSSR count). The standard InChI is InChI=1S/C13H20O3/c1-5-12(13(14,15-3)16-4)11-8-6-10(2)7-9-11/h6-9,12,14H,5H2,1-4H3. The van der Waals surface area contributed by atoms with E-state index in [-0.39, 0.29) is 5.92 Å². The highest BCUT2D eigenvalue weighted by molar-refractivity contribution is 5.25. The first kappa shape index (κ1) is 13.2. The van der Waals surface area contributed by atoms with E-state index >= 15 is 0 Å². The highest BCUT2D eigenvalue weighted by atomic mass is 16.8. The molecule has 1 N–H and O–H groups in total. The average Bonchev–Trinajstić information content (AvgIpc) is 2.32. The molecule has 1 aromatic rings. The van der Waals surface area contributed by atoms with Crippen LogP contribution in [0, 0.1) is 6.92 Å². The number of aryl methyl sites for hydroxylation is 1. The molecule has 0 radical (unpaired) electrons. The maximum Gasteiger partial charge on any atom is 0.287 e. The van der Waals surface area contributed by atoms with Gasteiger partial charge < -0.3 is 14.6 Å². The number of hydrogen-bond acceptors (Lipinski definition) is 3. The lowest BCUT2D eigenvalue weighted by atomic mass is 9.93. The molecule has 1 aromatic carbocycles. The summed E-state index contributed by atoms with van der Waals surface area (Å²) < 4.78 is 10.1. The zero-order valence-electron chi connectivity index (χ0n) is 10.4. The van der Waals surface area contributed by atoms with Crippen LogP contribution in [0.25, 0.3) is 0 Å². The van der Waals surface area contributed by atoms with Gasteiger partial charge in [-0.3, -0.25) is 0 Å². The summed E-state index contributed by atoms with van der Waals surface area (Å²) in [6.45, 7) is 4.02. The van der Waals surface area contributed by atoms with E-state index in [4.69, 9.17) is 9.47 Å². The monoisotopic (exact) mass is 224 g/mol. The van der Waals surface area contributed by atoms with Gasteiger partial charge in [0, 0.05) is 14.2 Å². The molecule has 0 aromatic heterocycles. The van der Waals surface area contributed by atoms with Gasteiger partial charge in [0.25, 0.3) is 5.97 Å². The second-order valence-electron chi connectivity index (χ2n) is 3.91. The van der Waals surface area contributed by atoms with Gasteiger partial charge in [-0.05, 0) is 18.9 Å². The Morgan fingerprint density at radius 3 is 2.06 bits per heavy atom. The van der Waals surface area contributed by atoms with Crippen LogP contribution in [0.1, 0.15) is 30.4 Å². The third kappa shape index (κ3) is 2.61. The van der Waals surface area contributed by atoms with Gasteiger partial charge >= 0.3 is 0 Å². The first-order chi connectivity index (χ1) is 7.57. The quantitative estimate of drug-likeness (QED) is 0.781. The van der Waals surface area contributed by atoms with Crippen molar-refractivity contribution in [2.75, 3.05) is 14.2 Å². The summed E-state index contributed by atoms with van der Waals surface area (Å²) in [6.07, 6.45) is 0.737. The number of aliphatic hydroxyl groups is 1. The summed E-state index contributed by atoms with van der Waals surface area (Å²) in [7, 11) is 2.89. The van der Waals surface area contributed by atoms with Crippen LogP contribution in [-0.2, 0) is 9.47 Å². The van der Waals surface area contributed by atoms with Crippen LogP contribution in [0.5, 0.6) is 0 Å². The molecule has 1 atom stereocenters. The van der Waals surface area contributed by atoms with Crippen molar-refractivity contribution in [3.05, 3.63) is 35.4 Å². The van der Waals surface area contributed by atoms with Gasteiger partial charge in [-0.25, -0.2) is 0 Å². The van der Waals surface area contributed by atoms with Crippen molar-refractivity contribution in [3.63, 3.8) is 0 Å². The summed E-state index contributed by atoms with van der Waals surface area (Å²) >= 11 is 0. The van der Waals surface area contributed by atoms with Crippen LogP contribution in [0.4, 0.5) is 0 Å². The Labute approximate surface area is 97.0 Å². The molecule has 16 heavy (non-hydrogen) atoms. The lowest BCUT2D eigenvalue weighted by Crippen LogP contribution is -2.40. The number of methoxy groups -OCH3 is 2. The van der Waals surface area contributed by atoms with Crippen LogP contribution in [0.2, 0.25) is 0 Å². The highest BCUT2D eigenvalue weighted by Crippen LogP contribution is 2.32. The molecule has 0 aliphatic carbocycles. The number of ether oxygens (including phenoxy) is 2. The van der Waals surface area contributed by atoms with Crippen LogP contribution in [-0.4, -0.2) is 25.3 Å². The highest BCUT2D eigenvalue weighted by Gasteiger charge is 2.37. The van der Waals surface area contributed by atoms with E-state index in [1.54, 1.807) is 0 Å². The summed E-state index contributed by atoms with van der Waals surface area (Å²) in [5, 5.41) is 10.2. The molecule has 1 unspecified atom stereocenters. The first-order valence-corrected chi connectivity index (χ1v) is 5.46. The van der Waals surface area contributed by atoms with E-state index in [0.717, 1.165) is 12.0 Å². The van der Waals surface area contributed by atoms with E-state index in [0.29, 0.717) is 0 Å².